The molecule has 1 rings (SSSR count). The molecular weight excluding hydrogens is 148 g/mol. The second-order valence-corrected chi connectivity index (χ2v) is 3.54. The van der Waals surface area contributed by atoms with Gasteiger partial charge in [-0.25, -0.2) is 0 Å². The highest BCUT2D eigenvalue weighted by molar-refractivity contribution is 5.24. The summed E-state index contributed by atoms with van der Waals surface area (Å²) in [6.07, 6.45) is 6.36. The highest BCUT2D eigenvalue weighted by Crippen LogP contribution is 2.29. The maximum atomic E-state index is 8.60. The van der Waals surface area contributed by atoms with Gasteiger partial charge in [0.05, 0.1) is 0 Å². The Hall–Kier alpha value is -0.970. The van der Waals surface area contributed by atoms with Crippen molar-refractivity contribution in [1.29, 1.82) is 5.26 Å². The molecule has 0 saturated heterocycles. The normalized spacial score (nSPS) is 21.3. The molecule has 0 spiro atoms. The van der Waals surface area contributed by atoms with Crippen molar-refractivity contribution in [3.05, 3.63) is 11.3 Å². The van der Waals surface area contributed by atoms with Gasteiger partial charge in [-0.05, 0) is 31.3 Å². The van der Waals surface area contributed by atoms with Crippen molar-refractivity contribution in [1.82, 2.24) is 0 Å². The lowest BCUT2D eigenvalue weighted by molar-refractivity contribution is 0.401. The fourth-order valence-corrected chi connectivity index (χ4v) is 1.84. The summed E-state index contributed by atoms with van der Waals surface area (Å²) in [4.78, 5) is 0. The van der Waals surface area contributed by atoms with Gasteiger partial charge in [0.25, 0.3) is 0 Å². The Bertz CT molecular complexity index is 216. The average molecular weight is 164 g/mol. The number of hydrogen-bond acceptors (Lipinski definition) is 2. The van der Waals surface area contributed by atoms with Crippen molar-refractivity contribution in [2.75, 3.05) is 0 Å². The van der Waals surface area contributed by atoms with Gasteiger partial charge in [-0.3, -0.25) is 0 Å². The van der Waals surface area contributed by atoms with Crippen LogP contribution in [0.5, 0.6) is 0 Å². The van der Waals surface area contributed by atoms with Crippen molar-refractivity contribution >= 4 is 0 Å². The molecule has 0 aromatic carbocycles. The molecule has 0 heterocycles. The minimum Gasteiger partial charge on any atom is -0.390 e. The van der Waals surface area contributed by atoms with E-state index in [1.165, 1.54) is 32.1 Å². The van der Waals surface area contributed by atoms with Gasteiger partial charge in [0.1, 0.15) is 11.8 Å². The first-order valence-electron chi connectivity index (χ1n) is 4.62. The van der Waals surface area contributed by atoms with E-state index in [1.807, 2.05) is 13.0 Å². The molecule has 0 amide bonds. The van der Waals surface area contributed by atoms with Crippen LogP contribution in [-0.2, 0) is 0 Å². The maximum absolute atomic E-state index is 8.60. The third-order valence-corrected chi connectivity index (χ3v) is 2.76. The van der Waals surface area contributed by atoms with Crippen molar-refractivity contribution in [2.45, 2.75) is 39.0 Å². The number of allylic oxidation sites excluding steroid dienone is 2. The molecule has 2 heteroatoms. The first-order valence-corrected chi connectivity index (χ1v) is 4.62. The fraction of sp³-hybridized carbons (Fsp3) is 0.700. The Morgan fingerprint density at radius 2 is 1.92 bits per heavy atom. The molecule has 1 saturated carbocycles. The van der Waals surface area contributed by atoms with E-state index in [9.17, 15) is 0 Å². The quantitative estimate of drug-likeness (QED) is 0.605. The summed E-state index contributed by atoms with van der Waals surface area (Å²) >= 11 is 0. The molecule has 0 bridgehead atoms. The van der Waals surface area contributed by atoms with Crippen LogP contribution in [0.4, 0.5) is 0 Å². The van der Waals surface area contributed by atoms with Crippen LogP contribution >= 0.6 is 0 Å². The van der Waals surface area contributed by atoms with Crippen molar-refractivity contribution < 1.29 is 0 Å². The zero-order chi connectivity index (χ0) is 8.97. The molecule has 2 nitrogen and oxygen atoms in total. The van der Waals surface area contributed by atoms with Crippen molar-refractivity contribution in [3.8, 4) is 6.07 Å². The molecule has 0 radical (unpaired) electrons. The predicted molar refractivity (Wildman–Crippen MR) is 49.1 cm³/mol. The van der Waals surface area contributed by atoms with Crippen molar-refractivity contribution in [2.24, 2.45) is 11.7 Å². The molecule has 1 aliphatic carbocycles. The minimum atomic E-state index is 0.432. The summed E-state index contributed by atoms with van der Waals surface area (Å²) in [5, 5.41) is 8.60. The molecule has 1 aliphatic rings. The van der Waals surface area contributed by atoms with Gasteiger partial charge in [-0.15, -0.1) is 0 Å². The second-order valence-electron chi connectivity index (χ2n) is 3.54. The van der Waals surface area contributed by atoms with E-state index >= 15 is 0 Å². The van der Waals surface area contributed by atoms with Gasteiger partial charge in [-0.1, -0.05) is 19.3 Å². The van der Waals surface area contributed by atoms with Gasteiger partial charge in [0.15, 0.2) is 0 Å². The van der Waals surface area contributed by atoms with Gasteiger partial charge in [0, 0.05) is 0 Å². The smallest absolute Gasteiger partial charge is 0.117 e. The lowest BCUT2D eigenvalue weighted by Gasteiger charge is -2.22. The standard InChI is InChI=1S/C10H16N2/c1-8(10(12)7-11)9-5-3-2-4-6-9/h9H,2-6,12H2,1H3. The van der Waals surface area contributed by atoms with Gasteiger partial charge in [-0.2, -0.15) is 5.26 Å². The highest BCUT2D eigenvalue weighted by Gasteiger charge is 2.16. The molecular formula is C10H16N2. The zero-order valence-electron chi connectivity index (χ0n) is 7.64. The van der Waals surface area contributed by atoms with Crippen LogP contribution in [0.2, 0.25) is 0 Å². The number of nitrogens with zero attached hydrogens (tertiary/aromatic N) is 1. The van der Waals surface area contributed by atoms with Crippen LogP contribution in [0.3, 0.4) is 0 Å². The first-order chi connectivity index (χ1) is 5.75. The lowest BCUT2D eigenvalue weighted by atomic mass is 9.84. The van der Waals surface area contributed by atoms with Crippen LogP contribution < -0.4 is 5.73 Å². The molecule has 0 aliphatic heterocycles. The van der Waals surface area contributed by atoms with E-state index in [4.69, 9.17) is 11.0 Å². The Morgan fingerprint density at radius 3 is 2.42 bits per heavy atom. The predicted octanol–water partition coefficient (Wildman–Crippen LogP) is 2.32. The molecule has 0 aromatic rings. The fourth-order valence-electron chi connectivity index (χ4n) is 1.84. The monoisotopic (exact) mass is 164 g/mol. The SMILES string of the molecule is CC(=C(N)C#N)C1CCCCC1. The summed E-state index contributed by atoms with van der Waals surface area (Å²) in [5.41, 5.74) is 7.11. The van der Waals surface area contributed by atoms with E-state index in [0.29, 0.717) is 11.6 Å². The zero-order valence-corrected chi connectivity index (χ0v) is 7.64. The Labute approximate surface area is 74.1 Å². The molecule has 0 atom stereocenters. The number of rotatable bonds is 1. The third-order valence-electron chi connectivity index (χ3n) is 2.76. The molecule has 1 fully saturated rings. The minimum absolute atomic E-state index is 0.432. The van der Waals surface area contributed by atoms with Gasteiger partial charge in [0.2, 0.25) is 0 Å². The van der Waals surface area contributed by atoms with E-state index in [2.05, 4.69) is 0 Å². The maximum Gasteiger partial charge on any atom is 0.117 e. The van der Waals surface area contributed by atoms with Gasteiger partial charge < -0.3 is 5.73 Å². The number of nitrogens with two attached hydrogens (primary N) is 1. The van der Waals surface area contributed by atoms with Crippen LogP contribution in [-0.4, -0.2) is 0 Å². The molecule has 0 unspecified atom stereocenters. The summed E-state index contributed by atoms with van der Waals surface area (Å²) in [7, 11) is 0. The third kappa shape index (κ3) is 2.01. The van der Waals surface area contributed by atoms with Crippen LogP contribution in [0.25, 0.3) is 0 Å². The Balaban J connectivity index is 2.63. The van der Waals surface area contributed by atoms with Gasteiger partial charge >= 0.3 is 0 Å². The summed E-state index contributed by atoms with van der Waals surface area (Å²) < 4.78 is 0. The molecule has 2 N–H and O–H groups in total. The van der Waals surface area contributed by atoms with Crippen LogP contribution in [0, 0.1) is 17.2 Å². The second kappa shape index (κ2) is 4.15. The molecule has 12 heavy (non-hydrogen) atoms. The van der Waals surface area contributed by atoms with E-state index in [-0.39, 0.29) is 0 Å². The first kappa shape index (κ1) is 9.12. The topological polar surface area (TPSA) is 49.8 Å². The van der Waals surface area contributed by atoms with Crippen molar-refractivity contribution in [3.63, 3.8) is 0 Å². The van der Waals surface area contributed by atoms with E-state index < -0.39 is 0 Å². The van der Waals surface area contributed by atoms with Crippen LogP contribution in [0.1, 0.15) is 39.0 Å². The average Bonchev–Trinajstić information content (AvgIpc) is 2.17. The molecule has 0 aromatic heterocycles. The Morgan fingerprint density at radius 1 is 1.33 bits per heavy atom. The number of hydrogen-bond donors (Lipinski definition) is 1. The van der Waals surface area contributed by atoms with Crippen LogP contribution in [0.15, 0.2) is 11.3 Å². The molecule has 66 valence electrons. The summed E-state index contributed by atoms with van der Waals surface area (Å²) in [5.74, 6) is 0.582. The lowest BCUT2D eigenvalue weighted by Crippen LogP contribution is -2.11. The van der Waals surface area contributed by atoms with E-state index in [0.717, 1.165) is 5.57 Å². The Kier molecular flexibility index (Phi) is 3.16. The largest absolute Gasteiger partial charge is 0.390 e. The van der Waals surface area contributed by atoms with E-state index in [1.54, 1.807) is 0 Å². The summed E-state index contributed by atoms with van der Waals surface area (Å²) in [6, 6.07) is 2.02. The highest BCUT2D eigenvalue weighted by atomic mass is 14.6. The number of nitriles is 1. The summed E-state index contributed by atoms with van der Waals surface area (Å²) in [6.45, 7) is 1.99.